The van der Waals surface area contributed by atoms with Crippen LogP contribution in [-0.2, 0) is 6.54 Å². The molecule has 0 aliphatic carbocycles. The summed E-state index contributed by atoms with van der Waals surface area (Å²) in [4.78, 5) is 17.5. The Balaban J connectivity index is 1.64. The van der Waals surface area contributed by atoms with E-state index in [1.807, 2.05) is 61.5 Å². The van der Waals surface area contributed by atoms with Crippen molar-refractivity contribution in [3.63, 3.8) is 0 Å². The van der Waals surface area contributed by atoms with Gasteiger partial charge in [-0.3, -0.25) is 4.79 Å². The van der Waals surface area contributed by atoms with Crippen molar-refractivity contribution < 1.29 is 14.3 Å². The quantitative estimate of drug-likeness (QED) is 0.384. The fourth-order valence-electron chi connectivity index (χ4n) is 3.43. The molecule has 0 bridgehead atoms. The third-order valence-electron chi connectivity index (χ3n) is 5.06. The minimum atomic E-state index is -0.166. The van der Waals surface area contributed by atoms with E-state index >= 15 is 0 Å². The largest absolute Gasteiger partial charge is 0.497 e. The standard InChI is InChI=1S/C26H23ClN2O3/c1-3-32-25-15-24(18-5-4-6-21(13-18)31-2)29-23-12-9-19(14-22(23)25)26(30)28-16-17-7-10-20(27)11-8-17/h4-15H,3,16H2,1-2H3,(H,28,30). The number of carbonyl (C=O) groups is 1. The summed E-state index contributed by atoms with van der Waals surface area (Å²) in [6.45, 7) is 2.85. The van der Waals surface area contributed by atoms with E-state index < -0.39 is 0 Å². The molecular weight excluding hydrogens is 424 g/mol. The van der Waals surface area contributed by atoms with E-state index in [0.29, 0.717) is 29.5 Å². The van der Waals surface area contributed by atoms with Crippen LogP contribution in [0.2, 0.25) is 5.02 Å². The van der Waals surface area contributed by atoms with Crippen molar-refractivity contribution in [1.82, 2.24) is 10.3 Å². The van der Waals surface area contributed by atoms with Crippen LogP contribution < -0.4 is 14.8 Å². The van der Waals surface area contributed by atoms with Crippen LogP contribution in [0, 0.1) is 0 Å². The average Bonchev–Trinajstić information content (AvgIpc) is 2.83. The van der Waals surface area contributed by atoms with Crippen LogP contribution >= 0.6 is 11.6 Å². The summed E-state index contributed by atoms with van der Waals surface area (Å²) in [6.07, 6.45) is 0. The Kier molecular flexibility index (Phi) is 6.57. The highest BCUT2D eigenvalue weighted by molar-refractivity contribution is 6.30. The second kappa shape index (κ2) is 9.71. The number of nitrogens with zero attached hydrogens (tertiary/aromatic N) is 1. The highest BCUT2D eigenvalue weighted by atomic mass is 35.5. The van der Waals surface area contributed by atoms with Gasteiger partial charge in [-0.1, -0.05) is 35.9 Å². The van der Waals surface area contributed by atoms with Gasteiger partial charge < -0.3 is 14.8 Å². The fourth-order valence-corrected chi connectivity index (χ4v) is 3.55. The van der Waals surface area contributed by atoms with Crippen molar-refractivity contribution in [3.05, 3.63) is 88.9 Å². The number of fused-ring (bicyclic) bond motifs is 1. The van der Waals surface area contributed by atoms with Gasteiger partial charge in [0.1, 0.15) is 11.5 Å². The third kappa shape index (κ3) is 4.84. The van der Waals surface area contributed by atoms with E-state index in [1.165, 1.54) is 0 Å². The first kappa shape index (κ1) is 21.7. The maximum atomic E-state index is 12.7. The van der Waals surface area contributed by atoms with Gasteiger partial charge in [0.25, 0.3) is 5.91 Å². The minimum absolute atomic E-state index is 0.166. The van der Waals surface area contributed by atoms with E-state index in [-0.39, 0.29) is 5.91 Å². The predicted octanol–water partition coefficient (Wildman–Crippen LogP) is 5.89. The molecule has 0 saturated heterocycles. The van der Waals surface area contributed by atoms with E-state index in [4.69, 9.17) is 26.1 Å². The van der Waals surface area contributed by atoms with E-state index in [9.17, 15) is 4.79 Å². The molecule has 0 radical (unpaired) electrons. The second-order valence-corrected chi connectivity index (χ2v) is 7.65. The molecule has 0 spiro atoms. The van der Waals surface area contributed by atoms with Crippen molar-refractivity contribution in [3.8, 4) is 22.8 Å². The van der Waals surface area contributed by atoms with Crippen molar-refractivity contribution in [1.29, 1.82) is 0 Å². The molecule has 0 aliphatic heterocycles. The molecule has 0 unspecified atom stereocenters. The summed E-state index contributed by atoms with van der Waals surface area (Å²) in [5.41, 5.74) is 3.98. The summed E-state index contributed by atoms with van der Waals surface area (Å²) in [5.74, 6) is 1.28. The second-order valence-electron chi connectivity index (χ2n) is 7.21. The smallest absolute Gasteiger partial charge is 0.251 e. The number of hydrogen-bond acceptors (Lipinski definition) is 4. The summed E-state index contributed by atoms with van der Waals surface area (Å²) in [5, 5.41) is 4.40. The number of nitrogens with one attached hydrogen (secondary N) is 1. The van der Waals surface area contributed by atoms with E-state index in [1.54, 1.807) is 25.3 Å². The Labute approximate surface area is 192 Å². The Morgan fingerprint density at radius 3 is 2.59 bits per heavy atom. The van der Waals surface area contributed by atoms with Gasteiger partial charge in [0.15, 0.2) is 0 Å². The van der Waals surface area contributed by atoms with Gasteiger partial charge in [0.05, 0.1) is 24.9 Å². The molecule has 32 heavy (non-hydrogen) atoms. The molecule has 4 aromatic rings. The first-order valence-corrected chi connectivity index (χ1v) is 10.7. The minimum Gasteiger partial charge on any atom is -0.497 e. The number of amides is 1. The van der Waals surface area contributed by atoms with E-state index in [2.05, 4.69) is 5.32 Å². The number of methoxy groups -OCH3 is 1. The summed E-state index contributed by atoms with van der Waals surface area (Å²) >= 11 is 5.92. The molecule has 0 aliphatic rings. The highest BCUT2D eigenvalue weighted by Crippen LogP contribution is 2.32. The topological polar surface area (TPSA) is 60.5 Å². The molecule has 1 heterocycles. The van der Waals surface area contributed by atoms with Crippen LogP contribution in [0.4, 0.5) is 0 Å². The molecule has 5 nitrogen and oxygen atoms in total. The number of pyridine rings is 1. The lowest BCUT2D eigenvalue weighted by molar-refractivity contribution is 0.0951. The van der Waals surface area contributed by atoms with Crippen LogP contribution in [0.15, 0.2) is 72.8 Å². The van der Waals surface area contributed by atoms with Crippen LogP contribution in [0.25, 0.3) is 22.2 Å². The maximum Gasteiger partial charge on any atom is 0.251 e. The lowest BCUT2D eigenvalue weighted by Crippen LogP contribution is -2.22. The summed E-state index contributed by atoms with van der Waals surface area (Å²) in [6, 6.07) is 22.5. The van der Waals surface area contributed by atoms with E-state index in [0.717, 1.165) is 33.5 Å². The Bertz CT molecular complexity index is 1260. The third-order valence-corrected chi connectivity index (χ3v) is 5.32. The lowest BCUT2D eigenvalue weighted by atomic mass is 10.1. The number of aromatic nitrogens is 1. The maximum absolute atomic E-state index is 12.7. The number of ether oxygens (including phenoxy) is 2. The zero-order valence-corrected chi connectivity index (χ0v) is 18.6. The average molecular weight is 447 g/mol. The summed E-state index contributed by atoms with van der Waals surface area (Å²) in [7, 11) is 1.64. The normalized spacial score (nSPS) is 10.7. The van der Waals surface area contributed by atoms with Gasteiger partial charge in [-0.15, -0.1) is 0 Å². The Hall–Kier alpha value is -3.57. The zero-order chi connectivity index (χ0) is 22.5. The molecule has 0 saturated carbocycles. The van der Waals surface area contributed by atoms with Crippen LogP contribution in [0.5, 0.6) is 11.5 Å². The number of hydrogen-bond donors (Lipinski definition) is 1. The molecular formula is C26H23ClN2O3. The molecule has 3 aromatic carbocycles. The Morgan fingerprint density at radius 1 is 1.03 bits per heavy atom. The molecule has 1 N–H and O–H groups in total. The molecule has 162 valence electrons. The van der Waals surface area contributed by atoms with Gasteiger partial charge in [0.2, 0.25) is 0 Å². The SMILES string of the molecule is CCOc1cc(-c2cccc(OC)c2)nc2ccc(C(=O)NCc3ccc(Cl)cc3)cc12. The monoisotopic (exact) mass is 446 g/mol. The Morgan fingerprint density at radius 2 is 1.84 bits per heavy atom. The number of halogens is 1. The van der Waals surface area contributed by atoms with Gasteiger partial charge in [0, 0.05) is 34.1 Å². The molecule has 0 atom stereocenters. The molecule has 6 heteroatoms. The lowest BCUT2D eigenvalue weighted by Gasteiger charge is -2.12. The number of carbonyl (C=O) groups excluding carboxylic acids is 1. The number of benzene rings is 3. The molecule has 1 amide bonds. The van der Waals surface area contributed by atoms with Crippen molar-refractivity contribution >= 4 is 28.4 Å². The fraction of sp³-hybridized carbons (Fsp3) is 0.154. The van der Waals surface area contributed by atoms with Crippen LogP contribution in [0.1, 0.15) is 22.8 Å². The van der Waals surface area contributed by atoms with Crippen LogP contribution in [-0.4, -0.2) is 24.6 Å². The molecule has 4 rings (SSSR count). The first-order valence-electron chi connectivity index (χ1n) is 10.3. The van der Waals surface area contributed by atoms with Gasteiger partial charge >= 0.3 is 0 Å². The highest BCUT2D eigenvalue weighted by Gasteiger charge is 2.13. The zero-order valence-electron chi connectivity index (χ0n) is 17.9. The van der Waals surface area contributed by atoms with Gasteiger partial charge in [-0.2, -0.15) is 0 Å². The molecule has 1 aromatic heterocycles. The molecule has 0 fully saturated rings. The van der Waals surface area contributed by atoms with Crippen molar-refractivity contribution in [2.24, 2.45) is 0 Å². The summed E-state index contributed by atoms with van der Waals surface area (Å²) < 4.78 is 11.2. The number of rotatable bonds is 7. The first-order chi connectivity index (χ1) is 15.6. The predicted molar refractivity (Wildman–Crippen MR) is 128 cm³/mol. The van der Waals surface area contributed by atoms with Crippen LogP contribution in [0.3, 0.4) is 0 Å². The van der Waals surface area contributed by atoms with Gasteiger partial charge in [-0.05, 0) is 55.0 Å². The van der Waals surface area contributed by atoms with Gasteiger partial charge in [-0.25, -0.2) is 4.98 Å². The van der Waals surface area contributed by atoms with Crippen molar-refractivity contribution in [2.45, 2.75) is 13.5 Å². The van der Waals surface area contributed by atoms with Crippen molar-refractivity contribution in [2.75, 3.05) is 13.7 Å².